The first-order valence-electron chi connectivity index (χ1n) is 8.37. The van der Waals surface area contributed by atoms with Crippen molar-refractivity contribution in [3.63, 3.8) is 0 Å². The molecule has 0 saturated heterocycles. The highest BCUT2D eigenvalue weighted by Crippen LogP contribution is 2.36. The van der Waals surface area contributed by atoms with Gasteiger partial charge in [0, 0.05) is 42.6 Å². The van der Waals surface area contributed by atoms with Gasteiger partial charge < -0.3 is 9.52 Å². The lowest BCUT2D eigenvalue weighted by Crippen LogP contribution is -2.35. The second kappa shape index (κ2) is 6.66. The molecule has 1 saturated carbocycles. The van der Waals surface area contributed by atoms with Crippen molar-refractivity contribution in [1.29, 1.82) is 5.26 Å². The van der Waals surface area contributed by atoms with Crippen LogP contribution in [0.3, 0.4) is 0 Å². The molecule has 1 aliphatic carbocycles. The van der Waals surface area contributed by atoms with Gasteiger partial charge in [0.1, 0.15) is 11.3 Å². The molecule has 1 aliphatic rings. The molecule has 1 aromatic carbocycles. The Morgan fingerprint density at radius 3 is 2.88 bits per heavy atom. The van der Waals surface area contributed by atoms with Gasteiger partial charge in [0.05, 0.1) is 6.07 Å². The molecule has 0 radical (unpaired) electrons. The maximum Gasteiger partial charge on any atom is 0.336 e. The van der Waals surface area contributed by atoms with Crippen LogP contribution < -0.4 is 5.63 Å². The van der Waals surface area contributed by atoms with Gasteiger partial charge in [-0.1, -0.05) is 0 Å². The fraction of sp³-hybridized carbons (Fsp3) is 0.474. The number of phenolic OH excluding ortho intramolecular Hbond substituents is 1. The Kier molecular flexibility index (Phi) is 4.59. The number of rotatable bonds is 6. The van der Waals surface area contributed by atoms with Crippen molar-refractivity contribution in [3.8, 4) is 11.8 Å². The second-order valence-electron chi connectivity index (χ2n) is 6.63. The lowest BCUT2D eigenvalue weighted by molar-refractivity contribution is 0.185. The monoisotopic (exact) mass is 326 g/mol. The van der Waals surface area contributed by atoms with E-state index in [1.54, 1.807) is 19.1 Å². The highest BCUT2D eigenvalue weighted by atomic mass is 16.4. The van der Waals surface area contributed by atoms with Gasteiger partial charge in [0.2, 0.25) is 0 Å². The van der Waals surface area contributed by atoms with Crippen LogP contribution in [-0.2, 0) is 6.54 Å². The van der Waals surface area contributed by atoms with E-state index in [1.165, 1.54) is 18.9 Å². The molecular weight excluding hydrogens is 304 g/mol. The van der Waals surface area contributed by atoms with Crippen molar-refractivity contribution in [2.24, 2.45) is 5.92 Å². The minimum Gasteiger partial charge on any atom is -0.508 e. The van der Waals surface area contributed by atoms with E-state index in [-0.39, 0.29) is 5.75 Å². The van der Waals surface area contributed by atoms with Crippen LogP contribution in [-0.4, -0.2) is 22.6 Å². The molecule has 5 nitrogen and oxygen atoms in total. The smallest absolute Gasteiger partial charge is 0.336 e. The standard InChI is InChI=1S/C19H22N2O3/c1-12-17(22)7-6-16-15(10-18(23)24-19(12)16)11-21(9-3-8-20)13(2)14-4-5-14/h6-7,10,13-14,22H,3-5,9,11H2,1-2H3/t13-/m1/s1. The van der Waals surface area contributed by atoms with E-state index in [9.17, 15) is 9.90 Å². The van der Waals surface area contributed by atoms with Crippen molar-refractivity contribution in [1.82, 2.24) is 4.90 Å². The van der Waals surface area contributed by atoms with Gasteiger partial charge in [0.15, 0.2) is 0 Å². The number of benzene rings is 1. The van der Waals surface area contributed by atoms with Crippen molar-refractivity contribution >= 4 is 11.0 Å². The van der Waals surface area contributed by atoms with E-state index in [2.05, 4.69) is 17.9 Å². The summed E-state index contributed by atoms with van der Waals surface area (Å²) in [5, 5.41) is 19.6. The minimum atomic E-state index is -0.412. The Morgan fingerprint density at radius 2 is 2.21 bits per heavy atom. The Labute approximate surface area is 141 Å². The summed E-state index contributed by atoms with van der Waals surface area (Å²) in [5.74, 6) is 0.802. The predicted molar refractivity (Wildman–Crippen MR) is 91.7 cm³/mol. The number of aryl methyl sites for hydroxylation is 1. The topological polar surface area (TPSA) is 77.5 Å². The Morgan fingerprint density at radius 1 is 1.46 bits per heavy atom. The summed E-state index contributed by atoms with van der Waals surface area (Å²) in [6.07, 6.45) is 2.93. The van der Waals surface area contributed by atoms with Crippen LogP contribution in [0.15, 0.2) is 27.4 Å². The van der Waals surface area contributed by atoms with E-state index in [1.807, 2.05) is 0 Å². The van der Waals surface area contributed by atoms with Crippen molar-refractivity contribution < 1.29 is 9.52 Å². The van der Waals surface area contributed by atoms with Crippen LogP contribution in [0, 0.1) is 24.2 Å². The van der Waals surface area contributed by atoms with Gasteiger partial charge in [-0.3, -0.25) is 4.90 Å². The largest absolute Gasteiger partial charge is 0.508 e. The normalized spacial score (nSPS) is 15.6. The number of nitrogens with zero attached hydrogens (tertiary/aromatic N) is 2. The first-order valence-corrected chi connectivity index (χ1v) is 8.37. The molecule has 0 spiro atoms. The number of hydrogen-bond donors (Lipinski definition) is 1. The van der Waals surface area contributed by atoms with Crippen molar-refractivity contribution in [2.75, 3.05) is 6.54 Å². The molecule has 3 rings (SSSR count). The van der Waals surface area contributed by atoms with Crippen LogP contribution >= 0.6 is 0 Å². The average molecular weight is 326 g/mol. The number of nitriles is 1. The average Bonchev–Trinajstić information content (AvgIpc) is 3.39. The van der Waals surface area contributed by atoms with E-state index in [4.69, 9.17) is 9.68 Å². The van der Waals surface area contributed by atoms with Gasteiger partial charge in [-0.15, -0.1) is 0 Å². The molecule has 1 N–H and O–H groups in total. The number of hydrogen-bond acceptors (Lipinski definition) is 5. The number of phenols is 1. The third-order valence-corrected chi connectivity index (χ3v) is 4.98. The van der Waals surface area contributed by atoms with E-state index >= 15 is 0 Å². The lowest BCUT2D eigenvalue weighted by atomic mass is 10.0. The van der Waals surface area contributed by atoms with Crippen LogP contribution in [0.5, 0.6) is 5.75 Å². The van der Waals surface area contributed by atoms with Crippen molar-refractivity contribution in [3.05, 3.63) is 39.7 Å². The molecule has 1 atom stereocenters. The zero-order valence-corrected chi connectivity index (χ0v) is 14.1. The summed E-state index contributed by atoms with van der Waals surface area (Å²) in [4.78, 5) is 14.2. The molecule has 0 bridgehead atoms. The van der Waals surface area contributed by atoms with Gasteiger partial charge >= 0.3 is 5.63 Å². The molecular formula is C19H22N2O3. The molecule has 1 aromatic heterocycles. The molecule has 2 aromatic rings. The summed E-state index contributed by atoms with van der Waals surface area (Å²) in [7, 11) is 0. The Bertz CT molecular complexity index is 846. The van der Waals surface area contributed by atoms with E-state index in [0.29, 0.717) is 42.6 Å². The van der Waals surface area contributed by atoms with Crippen molar-refractivity contribution in [2.45, 2.75) is 45.7 Å². The van der Waals surface area contributed by atoms with Gasteiger partial charge in [-0.2, -0.15) is 5.26 Å². The first kappa shape index (κ1) is 16.5. The Hall–Kier alpha value is -2.32. The van der Waals surface area contributed by atoms with Crippen LogP contribution in [0.1, 0.15) is 37.3 Å². The molecule has 126 valence electrons. The summed E-state index contributed by atoms with van der Waals surface area (Å²) in [5.41, 5.74) is 1.49. The molecule has 1 fully saturated rings. The minimum absolute atomic E-state index is 0.121. The summed E-state index contributed by atoms with van der Waals surface area (Å²) >= 11 is 0. The van der Waals surface area contributed by atoms with E-state index in [0.717, 1.165) is 10.9 Å². The molecule has 5 heteroatoms. The van der Waals surface area contributed by atoms with Gasteiger partial charge in [-0.25, -0.2) is 4.79 Å². The summed E-state index contributed by atoms with van der Waals surface area (Å²) < 4.78 is 5.31. The third kappa shape index (κ3) is 3.29. The highest BCUT2D eigenvalue weighted by molar-refractivity contribution is 5.84. The number of fused-ring (bicyclic) bond motifs is 1. The van der Waals surface area contributed by atoms with Crippen LogP contribution in [0.4, 0.5) is 0 Å². The molecule has 0 unspecified atom stereocenters. The Balaban J connectivity index is 1.99. The van der Waals surface area contributed by atoms with Gasteiger partial charge in [-0.05, 0) is 50.3 Å². The summed E-state index contributed by atoms with van der Waals surface area (Å²) in [6.45, 7) is 5.23. The fourth-order valence-electron chi connectivity index (χ4n) is 3.26. The zero-order valence-electron chi connectivity index (χ0n) is 14.1. The maximum atomic E-state index is 12.0. The second-order valence-corrected chi connectivity index (χ2v) is 6.63. The predicted octanol–water partition coefficient (Wildman–Crippen LogP) is 3.32. The van der Waals surface area contributed by atoms with E-state index < -0.39 is 5.63 Å². The number of aromatic hydroxyl groups is 1. The SMILES string of the molecule is Cc1c(O)ccc2c(CN(CCC#N)[C@H](C)C3CC3)cc(=O)oc12. The summed E-state index contributed by atoms with van der Waals surface area (Å²) in [6, 6.07) is 7.54. The third-order valence-electron chi connectivity index (χ3n) is 4.98. The molecule has 0 amide bonds. The first-order chi connectivity index (χ1) is 11.5. The highest BCUT2D eigenvalue weighted by Gasteiger charge is 2.32. The van der Waals surface area contributed by atoms with Crippen LogP contribution in [0.2, 0.25) is 0 Å². The fourth-order valence-corrected chi connectivity index (χ4v) is 3.26. The van der Waals surface area contributed by atoms with Gasteiger partial charge in [0.25, 0.3) is 0 Å². The lowest BCUT2D eigenvalue weighted by Gasteiger charge is -2.28. The molecule has 1 heterocycles. The van der Waals surface area contributed by atoms with Crippen LogP contribution in [0.25, 0.3) is 11.0 Å². The molecule has 0 aliphatic heterocycles. The maximum absolute atomic E-state index is 12.0. The molecule has 24 heavy (non-hydrogen) atoms. The zero-order chi connectivity index (χ0) is 17.3. The quantitative estimate of drug-likeness (QED) is 0.824.